The van der Waals surface area contributed by atoms with Crippen LogP contribution < -0.4 is 0 Å². The van der Waals surface area contributed by atoms with Crippen molar-refractivity contribution in [2.75, 3.05) is 0 Å². The van der Waals surface area contributed by atoms with Crippen LogP contribution in [0.5, 0.6) is 0 Å². The monoisotopic (exact) mass is 361 g/mol. The normalized spacial score (nSPS) is 11.8. The van der Waals surface area contributed by atoms with Crippen molar-refractivity contribution in [2.45, 2.75) is 23.6 Å². The minimum absolute atomic E-state index is 0.328. The van der Waals surface area contributed by atoms with E-state index in [4.69, 9.17) is 0 Å². The molecule has 0 amide bonds. The molecule has 0 spiro atoms. The van der Waals surface area contributed by atoms with Crippen molar-refractivity contribution in [3.8, 4) is 11.1 Å². The van der Waals surface area contributed by atoms with Gasteiger partial charge in [-0.1, -0.05) is 42.5 Å². The maximum absolute atomic E-state index is 13.6. The van der Waals surface area contributed by atoms with Gasteiger partial charge in [0.2, 0.25) is 9.84 Å². The molecule has 2 aromatic heterocycles. The average Bonchev–Trinajstić information content (AvgIpc) is 3.05. The van der Waals surface area contributed by atoms with E-state index in [0.29, 0.717) is 15.3 Å². The number of pyridine rings is 1. The third kappa shape index (κ3) is 2.63. The molecule has 0 aliphatic carbocycles. The van der Waals surface area contributed by atoms with E-state index >= 15 is 0 Å². The summed E-state index contributed by atoms with van der Waals surface area (Å²) in [5, 5.41) is 0. The quantitative estimate of drug-likeness (QED) is 0.512. The second-order valence-corrected chi connectivity index (χ2v) is 8.37. The predicted molar refractivity (Wildman–Crippen MR) is 104 cm³/mol. The highest BCUT2D eigenvalue weighted by atomic mass is 32.2. The number of benzene rings is 2. The molecule has 4 aromatic rings. The molecule has 2 aromatic carbocycles. The van der Waals surface area contributed by atoms with Crippen molar-refractivity contribution < 1.29 is 8.42 Å². The SMILES string of the molecule is Cc1ccc(S(=O)(=O)c2c(-c3ccccc3)cn3ccccc23)cc1C. The summed E-state index contributed by atoms with van der Waals surface area (Å²) in [6.07, 6.45) is 3.76. The van der Waals surface area contributed by atoms with Gasteiger partial charge in [0, 0.05) is 18.0 Å². The molecule has 4 rings (SSSR count). The van der Waals surface area contributed by atoms with Crippen LogP contribution in [0.15, 0.2) is 88.9 Å². The van der Waals surface area contributed by atoms with Crippen LogP contribution in [0.25, 0.3) is 16.6 Å². The topological polar surface area (TPSA) is 38.5 Å². The summed E-state index contributed by atoms with van der Waals surface area (Å²) < 4.78 is 29.0. The maximum Gasteiger partial charge on any atom is 0.209 e. The molecule has 3 nitrogen and oxygen atoms in total. The molecule has 2 heterocycles. The van der Waals surface area contributed by atoms with Gasteiger partial charge in [-0.25, -0.2) is 8.42 Å². The highest BCUT2D eigenvalue weighted by molar-refractivity contribution is 7.91. The largest absolute Gasteiger partial charge is 0.322 e. The van der Waals surface area contributed by atoms with Gasteiger partial charge in [0.1, 0.15) is 4.90 Å². The van der Waals surface area contributed by atoms with Crippen LogP contribution in [0.1, 0.15) is 11.1 Å². The van der Waals surface area contributed by atoms with Crippen molar-refractivity contribution in [1.29, 1.82) is 0 Å². The Morgan fingerprint density at radius 1 is 0.808 bits per heavy atom. The first-order valence-corrected chi connectivity index (χ1v) is 9.94. The van der Waals surface area contributed by atoms with E-state index in [1.165, 1.54) is 0 Å². The number of aryl methyl sites for hydroxylation is 2. The second kappa shape index (κ2) is 6.15. The smallest absolute Gasteiger partial charge is 0.209 e. The lowest BCUT2D eigenvalue weighted by molar-refractivity contribution is 0.597. The van der Waals surface area contributed by atoms with Crippen LogP contribution in [-0.2, 0) is 9.84 Å². The average molecular weight is 361 g/mol. The number of fused-ring (bicyclic) bond motifs is 1. The molecule has 0 unspecified atom stereocenters. The molecule has 4 heteroatoms. The Kier molecular flexibility index (Phi) is 3.93. The van der Waals surface area contributed by atoms with Crippen molar-refractivity contribution in [3.63, 3.8) is 0 Å². The molecular formula is C22H19NO2S. The molecule has 26 heavy (non-hydrogen) atoms. The van der Waals surface area contributed by atoms with Gasteiger partial charge in [0.15, 0.2) is 0 Å². The first kappa shape index (κ1) is 16.6. The van der Waals surface area contributed by atoms with Crippen molar-refractivity contribution in [1.82, 2.24) is 4.40 Å². The summed E-state index contributed by atoms with van der Waals surface area (Å²) in [4.78, 5) is 0.683. The Bertz CT molecular complexity index is 1210. The summed E-state index contributed by atoms with van der Waals surface area (Å²) in [5.41, 5.74) is 4.34. The number of nitrogens with zero attached hydrogens (tertiary/aromatic N) is 1. The first-order chi connectivity index (χ1) is 12.5. The van der Waals surface area contributed by atoms with Gasteiger partial charge in [0.05, 0.1) is 10.4 Å². The van der Waals surface area contributed by atoms with E-state index in [1.54, 1.807) is 12.1 Å². The Labute approximate surface area is 153 Å². The minimum atomic E-state index is -3.66. The molecule has 0 saturated carbocycles. The van der Waals surface area contributed by atoms with Crippen molar-refractivity contribution in [3.05, 3.63) is 90.3 Å². The van der Waals surface area contributed by atoms with E-state index < -0.39 is 9.84 Å². The fraction of sp³-hybridized carbons (Fsp3) is 0.0909. The summed E-state index contributed by atoms with van der Waals surface area (Å²) in [6, 6.07) is 20.6. The van der Waals surface area contributed by atoms with Crippen LogP contribution in [0.3, 0.4) is 0 Å². The number of aromatic nitrogens is 1. The Balaban J connectivity index is 2.05. The minimum Gasteiger partial charge on any atom is -0.322 e. The van der Waals surface area contributed by atoms with Crippen LogP contribution in [0.2, 0.25) is 0 Å². The van der Waals surface area contributed by atoms with Crippen LogP contribution >= 0.6 is 0 Å². The summed E-state index contributed by atoms with van der Waals surface area (Å²) in [7, 11) is -3.66. The molecule has 0 radical (unpaired) electrons. The van der Waals surface area contributed by atoms with Crippen LogP contribution in [0, 0.1) is 13.8 Å². The molecule has 0 atom stereocenters. The lowest BCUT2D eigenvalue weighted by atomic mass is 10.1. The van der Waals surface area contributed by atoms with E-state index in [0.717, 1.165) is 22.3 Å². The third-order valence-corrected chi connectivity index (χ3v) is 6.62. The van der Waals surface area contributed by atoms with Crippen molar-refractivity contribution >= 4 is 15.4 Å². The van der Waals surface area contributed by atoms with Crippen molar-refractivity contribution in [2.24, 2.45) is 0 Å². The van der Waals surface area contributed by atoms with Gasteiger partial charge in [-0.2, -0.15) is 0 Å². The molecule has 0 N–H and O–H groups in total. The molecule has 0 bridgehead atoms. The fourth-order valence-corrected chi connectivity index (χ4v) is 4.93. The van der Waals surface area contributed by atoms with Gasteiger partial charge >= 0.3 is 0 Å². The second-order valence-electron chi connectivity index (χ2n) is 6.48. The maximum atomic E-state index is 13.6. The van der Waals surface area contributed by atoms with E-state index in [2.05, 4.69) is 0 Å². The van der Waals surface area contributed by atoms with Gasteiger partial charge in [-0.05, 0) is 54.8 Å². The molecule has 0 saturated heterocycles. The summed E-state index contributed by atoms with van der Waals surface area (Å²) >= 11 is 0. The predicted octanol–water partition coefficient (Wildman–Crippen LogP) is 5.06. The zero-order valence-electron chi connectivity index (χ0n) is 14.7. The molecule has 0 aliphatic rings. The van der Waals surface area contributed by atoms with Gasteiger partial charge in [0.25, 0.3) is 0 Å². The molecular weight excluding hydrogens is 342 g/mol. The van der Waals surface area contributed by atoms with E-state index in [1.807, 2.05) is 85.2 Å². The zero-order chi connectivity index (χ0) is 18.3. The molecule has 0 aliphatic heterocycles. The highest BCUT2D eigenvalue weighted by Crippen LogP contribution is 2.36. The summed E-state index contributed by atoms with van der Waals surface area (Å²) in [6.45, 7) is 3.92. The highest BCUT2D eigenvalue weighted by Gasteiger charge is 2.26. The standard InChI is InChI=1S/C22H19NO2S/c1-16-11-12-19(14-17(16)2)26(24,25)22-20(18-8-4-3-5-9-18)15-23-13-7-6-10-21(22)23/h3-15H,1-2H3. The Morgan fingerprint density at radius 2 is 1.54 bits per heavy atom. The molecule has 0 fully saturated rings. The fourth-order valence-electron chi connectivity index (χ4n) is 3.20. The zero-order valence-corrected chi connectivity index (χ0v) is 15.5. The lowest BCUT2D eigenvalue weighted by Crippen LogP contribution is -2.04. The van der Waals surface area contributed by atoms with Crippen LogP contribution in [0.4, 0.5) is 0 Å². The number of hydrogen-bond acceptors (Lipinski definition) is 2. The Hall–Kier alpha value is -2.85. The van der Waals surface area contributed by atoms with E-state index in [9.17, 15) is 8.42 Å². The van der Waals surface area contributed by atoms with Gasteiger partial charge in [-0.3, -0.25) is 0 Å². The third-order valence-electron chi connectivity index (χ3n) is 4.78. The summed E-state index contributed by atoms with van der Waals surface area (Å²) in [5.74, 6) is 0. The van der Waals surface area contributed by atoms with Gasteiger partial charge in [-0.15, -0.1) is 0 Å². The van der Waals surface area contributed by atoms with E-state index in [-0.39, 0.29) is 0 Å². The Morgan fingerprint density at radius 3 is 2.27 bits per heavy atom. The first-order valence-electron chi connectivity index (χ1n) is 8.46. The van der Waals surface area contributed by atoms with Crippen LogP contribution in [-0.4, -0.2) is 12.8 Å². The lowest BCUT2D eigenvalue weighted by Gasteiger charge is -2.09. The number of sulfone groups is 1. The van der Waals surface area contributed by atoms with Gasteiger partial charge < -0.3 is 4.40 Å². The number of rotatable bonds is 3. The molecule has 130 valence electrons. The number of hydrogen-bond donors (Lipinski definition) is 0.